The minimum absolute atomic E-state index is 0.0113. The number of nitrogens with zero attached hydrogens (tertiary/aromatic N) is 6. The third-order valence-corrected chi connectivity index (χ3v) is 10.1. The third kappa shape index (κ3) is 8.48. The first-order valence-corrected chi connectivity index (χ1v) is 16.4. The van der Waals surface area contributed by atoms with Gasteiger partial charge in [-0.1, -0.05) is 93.5 Å². The van der Waals surface area contributed by atoms with E-state index >= 15 is 0 Å². The van der Waals surface area contributed by atoms with E-state index in [0.29, 0.717) is 6.42 Å². The second kappa shape index (κ2) is 16.0. The van der Waals surface area contributed by atoms with E-state index in [2.05, 4.69) is 27.0 Å². The number of carbonyl (C=O) groups excluding carboxylic acids is 1. The Balaban J connectivity index is 1.84. The van der Waals surface area contributed by atoms with Crippen molar-refractivity contribution in [3.05, 3.63) is 20.9 Å². The van der Waals surface area contributed by atoms with Crippen molar-refractivity contribution in [3.8, 4) is 0 Å². The lowest BCUT2D eigenvalue weighted by atomic mass is 9.80. The number of Topliss-reactive ketones (excluding diaryl/α,β-unsaturated/α-hetero) is 1. The molecule has 254 valence electrons. The van der Waals surface area contributed by atoms with E-state index in [1.807, 2.05) is 34.6 Å². The van der Waals surface area contributed by atoms with Crippen molar-refractivity contribution >= 4 is 46.5 Å². The zero-order chi connectivity index (χ0) is 33.8. The second-order valence-electron chi connectivity index (χ2n) is 12.3. The number of ether oxygens (including phenoxy) is 6. The molecule has 4 unspecified atom stereocenters. The molecule has 3 aliphatic heterocycles. The van der Waals surface area contributed by atoms with Crippen LogP contribution in [-0.4, -0.2) is 76.9 Å². The van der Waals surface area contributed by atoms with Gasteiger partial charge in [0.1, 0.15) is 12.1 Å². The SMILES string of the molecule is CCC1O[C@@H](OC(=N)C(Cl)(Cl)Cl)C(N=[N+]=[N-])[C@@H](C)[C@@H]1O[C@@H]1O[C@@H](C(C)=O)[C@@H](O[C@H]2O[C@@H](CC)[C@@H](C)[C@H](C)C2N=[N+]=[N-])[C@H](C)C1C. The summed E-state index contributed by atoms with van der Waals surface area (Å²) in [5.74, 6) is -1.83. The summed E-state index contributed by atoms with van der Waals surface area (Å²) in [4.78, 5) is 19.0. The fraction of sp³-hybridized carbons (Fsp3) is 0.929. The highest BCUT2D eigenvalue weighted by atomic mass is 35.6. The summed E-state index contributed by atoms with van der Waals surface area (Å²) >= 11 is 17.4. The highest BCUT2D eigenvalue weighted by Gasteiger charge is 2.52. The molecule has 3 fully saturated rings. The number of alkyl halides is 3. The van der Waals surface area contributed by atoms with E-state index in [4.69, 9.17) is 68.6 Å². The first kappa shape index (κ1) is 37.9. The average molecular weight is 697 g/mol. The molecule has 1 N–H and O–H groups in total. The Hall–Kier alpha value is -1.57. The average Bonchev–Trinajstić information content (AvgIpc) is 2.98. The zero-order valence-corrected chi connectivity index (χ0v) is 29.0. The first-order valence-electron chi connectivity index (χ1n) is 15.3. The largest absolute Gasteiger partial charge is 0.448 e. The third-order valence-electron chi connectivity index (χ3n) is 9.56. The first-order chi connectivity index (χ1) is 21.1. The van der Waals surface area contributed by atoms with Crippen LogP contribution in [0.1, 0.15) is 68.2 Å². The molecule has 0 saturated carbocycles. The molecule has 0 bridgehead atoms. The molecule has 0 aromatic rings. The predicted octanol–water partition coefficient (Wildman–Crippen LogP) is 7.24. The molecule has 45 heavy (non-hydrogen) atoms. The van der Waals surface area contributed by atoms with Gasteiger partial charge >= 0.3 is 0 Å². The fourth-order valence-electron chi connectivity index (χ4n) is 6.38. The summed E-state index contributed by atoms with van der Waals surface area (Å²) in [5, 5.41) is 15.8. The number of nitrogens with one attached hydrogen (secondary N) is 1. The summed E-state index contributed by atoms with van der Waals surface area (Å²) in [7, 11) is 0. The highest BCUT2D eigenvalue weighted by Crippen LogP contribution is 2.42. The molecule has 0 aromatic heterocycles. The molecule has 0 amide bonds. The summed E-state index contributed by atoms with van der Waals surface area (Å²) < 4.78 is 35.1. The van der Waals surface area contributed by atoms with Gasteiger partial charge < -0.3 is 28.4 Å². The van der Waals surface area contributed by atoms with Gasteiger partial charge in [0.2, 0.25) is 12.2 Å². The molecule has 3 aliphatic rings. The molecule has 0 radical (unpaired) electrons. The van der Waals surface area contributed by atoms with Gasteiger partial charge in [-0.05, 0) is 54.5 Å². The molecular formula is C28H44Cl3N7O7. The van der Waals surface area contributed by atoms with Crippen LogP contribution < -0.4 is 0 Å². The summed E-state index contributed by atoms with van der Waals surface area (Å²) in [6, 6.07) is -1.53. The lowest BCUT2D eigenvalue weighted by Crippen LogP contribution is -2.60. The van der Waals surface area contributed by atoms with E-state index in [0.717, 1.165) is 6.42 Å². The van der Waals surface area contributed by atoms with Crippen molar-refractivity contribution < 1.29 is 33.2 Å². The molecule has 3 heterocycles. The van der Waals surface area contributed by atoms with E-state index < -0.39 is 71.0 Å². The second-order valence-corrected chi connectivity index (χ2v) is 14.6. The number of rotatable bonds is 10. The topological polar surface area (TPSA) is 194 Å². The van der Waals surface area contributed by atoms with Gasteiger partial charge in [0.05, 0.1) is 30.5 Å². The van der Waals surface area contributed by atoms with Crippen LogP contribution in [0.4, 0.5) is 0 Å². The minimum atomic E-state index is -2.14. The number of carbonyl (C=O) groups is 1. The smallest absolute Gasteiger partial charge is 0.265 e. The zero-order valence-electron chi connectivity index (χ0n) is 26.7. The van der Waals surface area contributed by atoms with E-state index in [9.17, 15) is 15.9 Å². The van der Waals surface area contributed by atoms with E-state index in [-0.39, 0.29) is 35.6 Å². The van der Waals surface area contributed by atoms with Gasteiger partial charge in [-0.25, -0.2) is 0 Å². The highest BCUT2D eigenvalue weighted by molar-refractivity contribution is 6.76. The molecule has 3 saturated heterocycles. The van der Waals surface area contributed by atoms with Crippen LogP contribution in [0.3, 0.4) is 0 Å². The molecular weight excluding hydrogens is 653 g/mol. The Bertz CT molecular complexity index is 1150. The van der Waals surface area contributed by atoms with Crippen molar-refractivity contribution in [2.75, 3.05) is 0 Å². The molecule has 14 nitrogen and oxygen atoms in total. The van der Waals surface area contributed by atoms with Crippen molar-refractivity contribution in [2.24, 2.45) is 39.8 Å². The monoisotopic (exact) mass is 695 g/mol. The number of halogens is 3. The Labute approximate surface area is 278 Å². The van der Waals surface area contributed by atoms with Gasteiger partial charge in [0.15, 0.2) is 18.4 Å². The van der Waals surface area contributed by atoms with Crippen LogP contribution in [0.5, 0.6) is 0 Å². The maximum Gasteiger partial charge on any atom is 0.265 e. The number of hydrogen-bond acceptors (Lipinski definition) is 10. The van der Waals surface area contributed by atoms with Gasteiger partial charge in [0.25, 0.3) is 3.79 Å². The molecule has 0 aliphatic carbocycles. The number of azide groups is 2. The molecule has 0 aromatic carbocycles. The van der Waals surface area contributed by atoms with Crippen LogP contribution in [0.15, 0.2) is 10.2 Å². The van der Waals surface area contributed by atoms with Crippen molar-refractivity contribution in [3.63, 3.8) is 0 Å². The van der Waals surface area contributed by atoms with Crippen LogP contribution >= 0.6 is 34.8 Å². The maximum absolute atomic E-state index is 13.0. The van der Waals surface area contributed by atoms with Gasteiger partial charge in [0, 0.05) is 15.7 Å². The van der Waals surface area contributed by atoms with Gasteiger partial charge in [-0.15, -0.1) is 0 Å². The van der Waals surface area contributed by atoms with Crippen LogP contribution in [0.25, 0.3) is 20.9 Å². The van der Waals surface area contributed by atoms with Crippen LogP contribution in [-0.2, 0) is 33.2 Å². The normalized spacial score (nSPS) is 42.2. The summed E-state index contributed by atoms with van der Waals surface area (Å²) in [6.45, 7) is 15.1. The van der Waals surface area contributed by atoms with E-state index in [1.165, 1.54) is 6.92 Å². The molecule has 15 atom stereocenters. The molecule has 3 rings (SSSR count). The number of hydrogen-bond donors (Lipinski definition) is 1. The van der Waals surface area contributed by atoms with Crippen molar-refractivity contribution in [1.82, 2.24) is 0 Å². The van der Waals surface area contributed by atoms with Crippen molar-refractivity contribution in [2.45, 2.75) is 133 Å². The summed E-state index contributed by atoms with van der Waals surface area (Å²) in [6.07, 6.45) is -4.74. The predicted molar refractivity (Wildman–Crippen MR) is 168 cm³/mol. The maximum atomic E-state index is 13.0. The van der Waals surface area contributed by atoms with Crippen LogP contribution in [0, 0.1) is 35.0 Å². The quantitative estimate of drug-likeness (QED) is 0.0620. The minimum Gasteiger partial charge on any atom is -0.448 e. The van der Waals surface area contributed by atoms with Gasteiger partial charge in [-0.3, -0.25) is 10.2 Å². The Morgan fingerprint density at radius 1 is 0.778 bits per heavy atom. The lowest BCUT2D eigenvalue weighted by Gasteiger charge is -2.50. The lowest BCUT2D eigenvalue weighted by molar-refractivity contribution is -0.332. The van der Waals surface area contributed by atoms with E-state index in [1.54, 1.807) is 6.92 Å². The molecule has 0 spiro atoms. The van der Waals surface area contributed by atoms with Crippen molar-refractivity contribution in [1.29, 1.82) is 5.41 Å². The Kier molecular flexibility index (Phi) is 13.5. The standard InChI is InChI=1S/C28H44Cl3N7O7/c1-9-17-11(3)12(4)19(35-37-33)25(40-17)43-22-13(5)14(6)24(44-23(22)16(8)39)42-21-15(7)20(36-38-34)26(41-18(21)10-2)45-27(32)28(29,30)31/h11-15,17-26,32H,9-10H2,1-8H3/t11-,12-,13+,14?,15+,17-,18?,19?,20?,21-,22-,23-,24+,25+,26-/m0/s1. The fourth-order valence-corrected chi connectivity index (χ4v) is 6.52. The molecule has 17 heteroatoms. The van der Waals surface area contributed by atoms with Crippen LogP contribution in [0.2, 0.25) is 0 Å². The Morgan fingerprint density at radius 3 is 1.82 bits per heavy atom. The van der Waals surface area contributed by atoms with Gasteiger partial charge in [-0.2, -0.15) is 0 Å². The Morgan fingerprint density at radius 2 is 1.31 bits per heavy atom. The summed E-state index contributed by atoms with van der Waals surface area (Å²) in [5.41, 5.74) is 18.6. The number of ketones is 1.